The Bertz CT molecular complexity index is 429. The van der Waals surface area contributed by atoms with Crippen LogP contribution in [-0.4, -0.2) is 60.1 Å². The second kappa shape index (κ2) is 12.9. The summed E-state index contributed by atoms with van der Waals surface area (Å²) < 4.78 is 0. The SMILES string of the molecule is CC[C@@H]1CCCCN1C(=O)NCCCCCCNC(=O)N1CCCC[C@@H]1CC. The average molecular weight is 395 g/mol. The number of carbonyl (C=O) groups excluding carboxylic acids is 2. The van der Waals surface area contributed by atoms with Crippen LogP contribution < -0.4 is 10.6 Å². The third-order valence-electron chi connectivity index (χ3n) is 6.37. The van der Waals surface area contributed by atoms with Gasteiger partial charge in [0, 0.05) is 38.3 Å². The predicted molar refractivity (Wildman–Crippen MR) is 115 cm³/mol. The molecule has 0 aliphatic carbocycles. The van der Waals surface area contributed by atoms with Gasteiger partial charge in [0.2, 0.25) is 0 Å². The van der Waals surface area contributed by atoms with Crippen LogP contribution >= 0.6 is 0 Å². The largest absolute Gasteiger partial charge is 0.338 e. The third kappa shape index (κ3) is 7.17. The standard InChI is InChI=1S/C22H42N4O2/c1-3-19-13-7-11-17-25(19)21(27)23-15-9-5-6-10-16-24-22(28)26-18-12-8-14-20(26)4-2/h19-20H,3-18H2,1-2H3,(H,23,27)(H,24,28)/t19-,20+. The Morgan fingerprint density at radius 3 is 1.54 bits per heavy atom. The van der Waals surface area contributed by atoms with Gasteiger partial charge in [-0.25, -0.2) is 9.59 Å². The third-order valence-corrected chi connectivity index (χ3v) is 6.37. The van der Waals surface area contributed by atoms with Crippen LogP contribution in [0.3, 0.4) is 0 Å². The quantitative estimate of drug-likeness (QED) is 0.566. The van der Waals surface area contributed by atoms with Crippen LogP contribution in [0.4, 0.5) is 9.59 Å². The van der Waals surface area contributed by atoms with Crippen LogP contribution in [0, 0.1) is 0 Å². The zero-order valence-electron chi connectivity index (χ0n) is 18.2. The minimum Gasteiger partial charge on any atom is -0.338 e. The van der Waals surface area contributed by atoms with Crippen LogP contribution in [0.1, 0.15) is 90.9 Å². The van der Waals surface area contributed by atoms with Gasteiger partial charge in [0.25, 0.3) is 0 Å². The van der Waals surface area contributed by atoms with Gasteiger partial charge in [0.15, 0.2) is 0 Å². The van der Waals surface area contributed by atoms with Gasteiger partial charge in [-0.15, -0.1) is 0 Å². The van der Waals surface area contributed by atoms with Gasteiger partial charge in [-0.3, -0.25) is 0 Å². The van der Waals surface area contributed by atoms with Gasteiger partial charge in [-0.2, -0.15) is 0 Å². The van der Waals surface area contributed by atoms with Crippen LogP contribution in [0.5, 0.6) is 0 Å². The minimum atomic E-state index is 0.117. The maximum atomic E-state index is 12.3. The summed E-state index contributed by atoms with van der Waals surface area (Å²) in [6.07, 6.45) is 13.3. The molecule has 2 rings (SSSR count). The molecule has 2 aliphatic heterocycles. The molecule has 6 heteroatoms. The van der Waals surface area contributed by atoms with Gasteiger partial charge in [-0.05, 0) is 64.2 Å². The highest BCUT2D eigenvalue weighted by Gasteiger charge is 2.25. The van der Waals surface area contributed by atoms with Crippen molar-refractivity contribution >= 4 is 12.1 Å². The monoisotopic (exact) mass is 394 g/mol. The molecule has 2 aliphatic rings. The topological polar surface area (TPSA) is 64.7 Å². The Labute approximate surface area is 171 Å². The van der Waals surface area contributed by atoms with E-state index in [1.54, 1.807) is 0 Å². The first-order chi connectivity index (χ1) is 13.7. The van der Waals surface area contributed by atoms with Crippen molar-refractivity contribution in [2.24, 2.45) is 0 Å². The summed E-state index contributed by atoms with van der Waals surface area (Å²) in [5, 5.41) is 6.18. The number of carbonyl (C=O) groups is 2. The molecular weight excluding hydrogens is 352 g/mol. The first-order valence-corrected chi connectivity index (χ1v) is 11.8. The maximum absolute atomic E-state index is 12.3. The van der Waals surface area contributed by atoms with Crippen molar-refractivity contribution in [2.75, 3.05) is 26.2 Å². The second-order valence-corrected chi connectivity index (χ2v) is 8.38. The summed E-state index contributed by atoms with van der Waals surface area (Å²) in [4.78, 5) is 28.7. The molecule has 0 bridgehead atoms. The van der Waals surface area contributed by atoms with Crippen molar-refractivity contribution in [3.8, 4) is 0 Å². The molecule has 2 heterocycles. The van der Waals surface area contributed by atoms with E-state index in [0.29, 0.717) is 12.1 Å². The van der Waals surface area contributed by atoms with E-state index in [9.17, 15) is 9.59 Å². The fraction of sp³-hybridized carbons (Fsp3) is 0.909. The number of nitrogens with zero attached hydrogens (tertiary/aromatic N) is 2. The molecule has 6 nitrogen and oxygen atoms in total. The van der Waals surface area contributed by atoms with Crippen LogP contribution in [0.2, 0.25) is 0 Å². The van der Waals surface area contributed by atoms with E-state index in [2.05, 4.69) is 24.5 Å². The Morgan fingerprint density at radius 1 is 0.714 bits per heavy atom. The summed E-state index contributed by atoms with van der Waals surface area (Å²) >= 11 is 0. The van der Waals surface area contributed by atoms with E-state index in [1.165, 1.54) is 12.8 Å². The smallest absolute Gasteiger partial charge is 0.317 e. The van der Waals surface area contributed by atoms with Gasteiger partial charge in [0.05, 0.1) is 0 Å². The van der Waals surface area contributed by atoms with E-state index in [-0.39, 0.29) is 12.1 Å². The van der Waals surface area contributed by atoms with E-state index in [4.69, 9.17) is 0 Å². The van der Waals surface area contributed by atoms with Gasteiger partial charge in [0.1, 0.15) is 0 Å². The lowest BCUT2D eigenvalue weighted by molar-refractivity contribution is 0.148. The van der Waals surface area contributed by atoms with Gasteiger partial charge >= 0.3 is 12.1 Å². The molecule has 0 radical (unpaired) electrons. The summed E-state index contributed by atoms with van der Waals surface area (Å²) in [6, 6.07) is 1.07. The molecule has 0 unspecified atom stereocenters. The molecule has 2 atom stereocenters. The number of unbranched alkanes of at least 4 members (excludes halogenated alkanes) is 3. The molecule has 4 amide bonds. The summed E-state index contributed by atoms with van der Waals surface area (Å²) in [7, 11) is 0. The molecule has 0 saturated carbocycles. The van der Waals surface area contributed by atoms with Crippen molar-refractivity contribution in [3.63, 3.8) is 0 Å². The van der Waals surface area contributed by atoms with Crippen molar-refractivity contribution in [2.45, 2.75) is 103 Å². The Morgan fingerprint density at radius 2 is 1.14 bits per heavy atom. The average Bonchev–Trinajstić information content (AvgIpc) is 2.75. The molecule has 2 N–H and O–H groups in total. The molecule has 28 heavy (non-hydrogen) atoms. The zero-order valence-corrected chi connectivity index (χ0v) is 18.2. The van der Waals surface area contributed by atoms with E-state index < -0.39 is 0 Å². The Balaban J connectivity index is 1.49. The van der Waals surface area contributed by atoms with Crippen molar-refractivity contribution in [3.05, 3.63) is 0 Å². The lowest BCUT2D eigenvalue weighted by atomic mass is 10.0. The highest BCUT2D eigenvalue weighted by atomic mass is 16.2. The number of amides is 4. The minimum absolute atomic E-state index is 0.117. The lowest BCUT2D eigenvalue weighted by Crippen LogP contribution is -2.48. The number of rotatable bonds is 9. The van der Waals surface area contributed by atoms with E-state index >= 15 is 0 Å². The number of hydrogen-bond donors (Lipinski definition) is 2. The Kier molecular flexibility index (Phi) is 10.5. The first kappa shape index (κ1) is 22.8. The van der Waals surface area contributed by atoms with Crippen LogP contribution in [0.25, 0.3) is 0 Å². The maximum Gasteiger partial charge on any atom is 0.317 e. The first-order valence-electron chi connectivity index (χ1n) is 11.8. The molecule has 2 fully saturated rings. The zero-order chi connectivity index (χ0) is 20.2. The summed E-state index contributed by atoms with van der Waals surface area (Å²) in [5.74, 6) is 0. The van der Waals surface area contributed by atoms with E-state index in [0.717, 1.165) is 90.4 Å². The summed E-state index contributed by atoms with van der Waals surface area (Å²) in [6.45, 7) is 7.65. The van der Waals surface area contributed by atoms with E-state index in [1.807, 2.05) is 9.80 Å². The number of hydrogen-bond acceptors (Lipinski definition) is 2. The molecule has 162 valence electrons. The van der Waals surface area contributed by atoms with Crippen molar-refractivity contribution < 1.29 is 9.59 Å². The number of piperidine rings is 2. The molecule has 0 spiro atoms. The molecular formula is C22H42N4O2. The fourth-order valence-corrected chi connectivity index (χ4v) is 4.58. The molecule has 2 saturated heterocycles. The van der Waals surface area contributed by atoms with Gasteiger partial charge in [-0.1, -0.05) is 26.7 Å². The van der Waals surface area contributed by atoms with Crippen molar-refractivity contribution in [1.29, 1.82) is 0 Å². The van der Waals surface area contributed by atoms with Crippen molar-refractivity contribution in [1.82, 2.24) is 20.4 Å². The lowest BCUT2D eigenvalue weighted by Gasteiger charge is -2.35. The molecule has 0 aromatic heterocycles. The highest BCUT2D eigenvalue weighted by molar-refractivity contribution is 5.75. The van der Waals surface area contributed by atoms with Gasteiger partial charge < -0.3 is 20.4 Å². The molecule has 0 aromatic carbocycles. The number of nitrogens with one attached hydrogen (secondary N) is 2. The molecule has 0 aromatic rings. The predicted octanol–water partition coefficient (Wildman–Crippen LogP) is 4.50. The van der Waals surface area contributed by atoms with Crippen LogP contribution in [-0.2, 0) is 0 Å². The Hall–Kier alpha value is -1.46. The normalized spacial score (nSPS) is 22.8. The van der Waals surface area contributed by atoms with Crippen LogP contribution in [0.15, 0.2) is 0 Å². The number of likely N-dealkylation sites (tertiary alicyclic amines) is 2. The second-order valence-electron chi connectivity index (χ2n) is 8.38. The highest BCUT2D eigenvalue weighted by Crippen LogP contribution is 2.20. The number of urea groups is 2. The summed E-state index contributed by atoms with van der Waals surface area (Å²) in [5.41, 5.74) is 0. The fourth-order valence-electron chi connectivity index (χ4n) is 4.58.